The fourth-order valence-corrected chi connectivity index (χ4v) is 2.49. The van der Waals surface area contributed by atoms with E-state index < -0.39 is 5.60 Å². The van der Waals surface area contributed by atoms with E-state index in [0.717, 1.165) is 31.5 Å². The van der Waals surface area contributed by atoms with Crippen molar-refractivity contribution in [3.8, 4) is 0 Å². The van der Waals surface area contributed by atoms with Crippen molar-refractivity contribution in [3.05, 3.63) is 35.9 Å². The molecule has 0 aromatic heterocycles. The van der Waals surface area contributed by atoms with Gasteiger partial charge in [-0.1, -0.05) is 30.3 Å². The molecule has 2 nitrogen and oxygen atoms in total. The number of piperidine rings is 1. The summed E-state index contributed by atoms with van der Waals surface area (Å²) in [5, 5.41) is 10.7. The molecule has 96 valence electrons. The van der Waals surface area contributed by atoms with Gasteiger partial charge in [0.15, 0.2) is 0 Å². The maximum atomic E-state index is 10.7. The molecule has 1 aromatic carbocycles. The minimum Gasteiger partial charge on any atom is -0.384 e. The lowest BCUT2D eigenvalue weighted by atomic mass is 9.85. The highest BCUT2D eigenvalue weighted by Gasteiger charge is 2.35. The number of nitrogens with zero attached hydrogens (tertiary/aromatic N) is 1. The summed E-state index contributed by atoms with van der Waals surface area (Å²) in [6.07, 6.45) is 1.95. The van der Waals surface area contributed by atoms with Gasteiger partial charge in [-0.2, -0.15) is 0 Å². The fourth-order valence-electron chi connectivity index (χ4n) is 2.49. The quantitative estimate of drug-likeness (QED) is 0.879. The summed E-state index contributed by atoms with van der Waals surface area (Å²) in [7, 11) is 0. The highest BCUT2D eigenvalue weighted by molar-refractivity contribution is 5.85. The number of β-amino-alcohol motifs (C(OH)–C–C–N with tert-alkyl or cyclic N) is 1. The Morgan fingerprint density at radius 2 is 1.88 bits per heavy atom. The van der Waals surface area contributed by atoms with Gasteiger partial charge >= 0.3 is 0 Å². The van der Waals surface area contributed by atoms with Gasteiger partial charge in [0, 0.05) is 12.6 Å². The lowest BCUT2D eigenvalue weighted by Gasteiger charge is -2.41. The molecule has 1 aromatic rings. The van der Waals surface area contributed by atoms with Crippen LogP contribution in [0.1, 0.15) is 32.3 Å². The summed E-state index contributed by atoms with van der Waals surface area (Å²) in [5.74, 6) is 0. The molecule has 1 saturated heterocycles. The second-order valence-electron chi connectivity index (χ2n) is 5.07. The van der Waals surface area contributed by atoms with Crippen LogP contribution < -0.4 is 0 Å². The van der Waals surface area contributed by atoms with Crippen molar-refractivity contribution in [2.45, 2.75) is 38.3 Å². The van der Waals surface area contributed by atoms with E-state index in [9.17, 15) is 5.11 Å². The van der Waals surface area contributed by atoms with Gasteiger partial charge in [-0.05, 0) is 38.8 Å². The van der Waals surface area contributed by atoms with Crippen molar-refractivity contribution < 1.29 is 5.11 Å². The Hall–Kier alpha value is -0.570. The van der Waals surface area contributed by atoms with Crippen LogP contribution in [0.25, 0.3) is 0 Å². The van der Waals surface area contributed by atoms with Crippen molar-refractivity contribution in [3.63, 3.8) is 0 Å². The monoisotopic (exact) mass is 255 g/mol. The zero-order chi connectivity index (χ0) is 11.6. The van der Waals surface area contributed by atoms with Crippen LogP contribution in [-0.2, 0) is 5.60 Å². The number of rotatable bonds is 2. The van der Waals surface area contributed by atoms with E-state index in [2.05, 4.69) is 18.7 Å². The molecule has 0 spiro atoms. The first-order valence-corrected chi connectivity index (χ1v) is 6.14. The first-order chi connectivity index (χ1) is 7.62. The largest absolute Gasteiger partial charge is 0.384 e. The molecule has 1 fully saturated rings. The van der Waals surface area contributed by atoms with E-state index in [4.69, 9.17) is 0 Å². The van der Waals surface area contributed by atoms with Crippen molar-refractivity contribution in [1.82, 2.24) is 4.90 Å². The van der Waals surface area contributed by atoms with Gasteiger partial charge in [-0.25, -0.2) is 0 Å². The molecule has 3 heteroatoms. The molecule has 0 saturated carbocycles. The van der Waals surface area contributed by atoms with Crippen LogP contribution in [0, 0.1) is 0 Å². The van der Waals surface area contributed by atoms with Crippen molar-refractivity contribution in [1.29, 1.82) is 0 Å². The lowest BCUT2D eigenvalue weighted by molar-refractivity contribution is -0.0445. The molecule has 0 aliphatic carbocycles. The number of hydrogen-bond donors (Lipinski definition) is 1. The summed E-state index contributed by atoms with van der Waals surface area (Å²) in [4.78, 5) is 2.36. The number of hydrogen-bond acceptors (Lipinski definition) is 2. The first-order valence-electron chi connectivity index (χ1n) is 6.14. The molecule has 0 radical (unpaired) electrons. The Balaban J connectivity index is 0.00000144. The maximum Gasteiger partial charge on any atom is 0.102 e. The molecule has 1 N–H and O–H groups in total. The van der Waals surface area contributed by atoms with Gasteiger partial charge in [0.2, 0.25) is 0 Å². The molecule has 1 aliphatic rings. The number of aliphatic hydroxyl groups is 1. The topological polar surface area (TPSA) is 23.5 Å². The molecule has 0 bridgehead atoms. The number of benzene rings is 1. The fraction of sp³-hybridized carbons (Fsp3) is 0.571. The average Bonchev–Trinajstić information content (AvgIpc) is 2.30. The van der Waals surface area contributed by atoms with Crippen LogP contribution in [0.2, 0.25) is 0 Å². The Morgan fingerprint density at radius 3 is 2.47 bits per heavy atom. The summed E-state index contributed by atoms with van der Waals surface area (Å²) in [6.45, 7) is 6.24. The van der Waals surface area contributed by atoms with Crippen LogP contribution in [-0.4, -0.2) is 29.1 Å². The zero-order valence-corrected chi connectivity index (χ0v) is 11.4. The second-order valence-corrected chi connectivity index (χ2v) is 5.07. The second kappa shape index (κ2) is 5.85. The summed E-state index contributed by atoms with van der Waals surface area (Å²) in [6, 6.07) is 10.6. The van der Waals surface area contributed by atoms with E-state index in [0.29, 0.717) is 6.04 Å². The van der Waals surface area contributed by atoms with Gasteiger partial charge in [0.05, 0.1) is 0 Å². The van der Waals surface area contributed by atoms with Crippen molar-refractivity contribution in [2.24, 2.45) is 0 Å². The molecule has 1 atom stereocenters. The van der Waals surface area contributed by atoms with E-state index in [1.807, 2.05) is 30.3 Å². The van der Waals surface area contributed by atoms with Crippen LogP contribution in [0.5, 0.6) is 0 Å². The van der Waals surface area contributed by atoms with Crippen molar-refractivity contribution >= 4 is 12.4 Å². The average molecular weight is 256 g/mol. The normalized spacial score (nSPS) is 25.6. The Kier molecular flexibility index (Phi) is 4.99. The predicted octanol–water partition coefficient (Wildman–Crippen LogP) is 2.80. The van der Waals surface area contributed by atoms with Gasteiger partial charge < -0.3 is 5.11 Å². The Morgan fingerprint density at radius 1 is 1.24 bits per heavy atom. The van der Waals surface area contributed by atoms with E-state index in [-0.39, 0.29) is 12.4 Å². The highest BCUT2D eigenvalue weighted by atomic mass is 35.5. The van der Waals surface area contributed by atoms with Gasteiger partial charge in [0.25, 0.3) is 0 Å². The SMILES string of the molecule is CC(C)N1CCCC(O)(c2ccccc2)C1.Cl. The molecular weight excluding hydrogens is 234 g/mol. The molecule has 1 heterocycles. The summed E-state index contributed by atoms with van der Waals surface area (Å²) >= 11 is 0. The van der Waals surface area contributed by atoms with Crippen LogP contribution in [0.15, 0.2) is 30.3 Å². The smallest absolute Gasteiger partial charge is 0.102 e. The van der Waals surface area contributed by atoms with E-state index >= 15 is 0 Å². The van der Waals surface area contributed by atoms with E-state index in [1.165, 1.54) is 0 Å². The molecule has 1 aliphatic heterocycles. The zero-order valence-electron chi connectivity index (χ0n) is 10.6. The third-order valence-electron chi connectivity index (χ3n) is 3.54. The van der Waals surface area contributed by atoms with Crippen LogP contribution >= 0.6 is 12.4 Å². The molecule has 17 heavy (non-hydrogen) atoms. The van der Waals surface area contributed by atoms with Crippen LogP contribution in [0.4, 0.5) is 0 Å². The first kappa shape index (κ1) is 14.5. The Bertz CT molecular complexity index is 341. The number of halogens is 1. The third-order valence-corrected chi connectivity index (χ3v) is 3.54. The summed E-state index contributed by atoms with van der Waals surface area (Å²) in [5.41, 5.74) is 0.407. The standard InChI is InChI=1S/C14H21NO.ClH/c1-12(2)15-10-6-9-14(16,11-15)13-7-4-3-5-8-13;/h3-5,7-8,12,16H,6,9-11H2,1-2H3;1H. The predicted molar refractivity (Wildman–Crippen MR) is 73.5 cm³/mol. The van der Waals surface area contributed by atoms with Gasteiger partial charge in [0.1, 0.15) is 5.60 Å². The molecule has 0 amide bonds. The Labute approximate surface area is 110 Å². The molecule has 2 rings (SSSR count). The third kappa shape index (κ3) is 3.21. The maximum absolute atomic E-state index is 10.7. The minimum absolute atomic E-state index is 0. The van der Waals surface area contributed by atoms with Crippen molar-refractivity contribution in [2.75, 3.05) is 13.1 Å². The van der Waals surface area contributed by atoms with Gasteiger partial charge in [-0.15, -0.1) is 12.4 Å². The van der Waals surface area contributed by atoms with Gasteiger partial charge in [-0.3, -0.25) is 4.90 Å². The lowest BCUT2D eigenvalue weighted by Crippen LogP contribution is -2.48. The highest BCUT2D eigenvalue weighted by Crippen LogP contribution is 2.31. The summed E-state index contributed by atoms with van der Waals surface area (Å²) < 4.78 is 0. The van der Waals surface area contributed by atoms with Crippen LogP contribution in [0.3, 0.4) is 0 Å². The minimum atomic E-state index is -0.649. The molecule has 1 unspecified atom stereocenters. The van der Waals surface area contributed by atoms with E-state index in [1.54, 1.807) is 0 Å². The number of likely N-dealkylation sites (tertiary alicyclic amines) is 1. The molecular formula is C14H22ClNO.